The van der Waals surface area contributed by atoms with Gasteiger partial charge in [-0.15, -0.1) is 0 Å². The van der Waals surface area contributed by atoms with Crippen LogP contribution in [0.2, 0.25) is 5.02 Å². The van der Waals surface area contributed by atoms with Gasteiger partial charge < -0.3 is 4.57 Å². The zero-order chi connectivity index (χ0) is 20.7. The Hall–Kier alpha value is -2.86. The van der Waals surface area contributed by atoms with Crippen LogP contribution in [0.15, 0.2) is 35.9 Å². The third-order valence-corrected chi connectivity index (χ3v) is 5.95. The molecule has 1 aliphatic carbocycles. The number of hydrogen-bond acceptors (Lipinski definition) is 3. The van der Waals surface area contributed by atoms with Gasteiger partial charge in [-0.3, -0.25) is 14.9 Å². The van der Waals surface area contributed by atoms with E-state index in [-0.39, 0.29) is 5.57 Å². The lowest BCUT2D eigenvalue weighted by atomic mass is 10.1. The second-order valence-electron chi connectivity index (χ2n) is 7.57. The fraction of sp³-hybridized carbons (Fsp3) is 0.318. The van der Waals surface area contributed by atoms with Gasteiger partial charge in [-0.05, 0) is 68.7 Å². The van der Waals surface area contributed by atoms with Crippen molar-refractivity contribution in [1.82, 2.24) is 9.88 Å². The number of benzene rings is 1. The number of amides is 4. The second-order valence-corrected chi connectivity index (χ2v) is 8.01. The molecular formula is C22H22ClN3O3. The third-order valence-electron chi connectivity index (χ3n) is 5.70. The van der Waals surface area contributed by atoms with Crippen LogP contribution in [0, 0.1) is 13.8 Å². The highest BCUT2D eigenvalue weighted by Crippen LogP contribution is 2.34. The fourth-order valence-electron chi connectivity index (χ4n) is 4.31. The predicted molar refractivity (Wildman–Crippen MR) is 112 cm³/mol. The Morgan fingerprint density at radius 3 is 2.38 bits per heavy atom. The Bertz CT molecular complexity index is 1030. The summed E-state index contributed by atoms with van der Waals surface area (Å²) in [5, 5.41) is 2.75. The minimum absolute atomic E-state index is 0.0637. The summed E-state index contributed by atoms with van der Waals surface area (Å²) in [5.74, 6) is -1.33. The van der Waals surface area contributed by atoms with E-state index in [1.54, 1.807) is 30.3 Å². The van der Waals surface area contributed by atoms with Gasteiger partial charge in [-0.2, -0.15) is 0 Å². The molecule has 1 saturated carbocycles. The van der Waals surface area contributed by atoms with Crippen molar-refractivity contribution in [2.45, 2.75) is 45.6 Å². The quantitative estimate of drug-likeness (QED) is 0.595. The standard InChI is InChI=1S/C22H22ClN3O3/c1-13-11-15(14(2)25(13)17-5-3-4-6-17)12-19-20(27)24-22(29)26(21(19)28)18-9-7-16(23)8-10-18/h7-12,17H,3-6H2,1-2H3,(H,24,27,29)/b19-12+. The van der Waals surface area contributed by atoms with Gasteiger partial charge >= 0.3 is 6.03 Å². The maximum absolute atomic E-state index is 13.0. The number of aryl methyl sites for hydroxylation is 1. The molecule has 150 valence electrons. The highest BCUT2D eigenvalue weighted by molar-refractivity contribution is 6.39. The summed E-state index contributed by atoms with van der Waals surface area (Å²) in [6.45, 7) is 4.05. The summed E-state index contributed by atoms with van der Waals surface area (Å²) in [5.41, 5.74) is 3.24. The van der Waals surface area contributed by atoms with Gasteiger partial charge in [-0.25, -0.2) is 9.69 Å². The molecule has 1 aliphatic heterocycles. The molecule has 2 aromatic rings. The maximum atomic E-state index is 13.0. The molecule has 0 unspecified atom stereocenters. The molecule has 0 atom stereocenters. The summed E-state index contributed by atoms with van der Waals surface area (Å²) in [6.07, 6.45) is 6.31. The average Bonchev–Trinajstić information content (AvgIpc) is 3.28. The minimum Gasteiger partial charge on any atom is -0.346 e. The molecule has 2 heterocycles. The van der Waals surface area contributed by atoms with Crippen molar-refractivity contribution >= 4 is 41.2 Å². The van der Waals surface area contributed by atoms with Crippen molar-refractivity contribution in [2.24, 2.45) is 0 Å². The maximum Gasteiger partial charge on any atom is 0.335 e. The molecule has 6 nitrogen and oxygen atoms in total. The van der Waals surface area contributed by atoms with Crippen LogP contribution in [-0.4, -0.2) is 22.4 Å². The Balaban J connectivity index is 1.72. The lowest BCUT2D eigenvalue weighted by Crippen LogP contribution is -2.54. The number of nitrogens with zero attached hydrogens (tertiary/aromatic N) is 2. The van der Waals surface area contributed by atoms with Gasteiger partial charge in [0.1, 0.15) is 5.57 Å². The third kappa shape index (κ3) is 3.49. The van der Waals surface area contributed by atoms with Crippen LogP contribution in [0.25, 0.3) is 6.08 Å². The molecule has 0 radical (unpaired) electrons. The number of imide groups is 2. The number of nitrogens with one attached hydrogen (secondary N) is 1. The van der Waals surface area contributed by atoms with Gasteiger partial charge in [0.15, 0.2) is 0 Å². The molecule has 7 heteroatoms. The lowest BCUT2D eigenvalue weighted by Gasteiger charge is -2.26. The molecule has 0 bridgehead atoms. The number of carbonyl (C=O) groups is 3. The monoisotopic (exact) mass is 411 g/mol. The lowest BCUT2D eigenvalue weighted by molar-refractivity contribution is -0.122. The van der Waals surface area contributed by atoms with Crippen molar-refractivity contribution in [3.8, 4) is 0 Å². The van der Waals surface area contributed by atoms with Crippen molar-refractivity contribution in [3.05, 3.63) is 57.9 Å². The first-order valence-electron chi connectivity index (χ1n) is 9.72. The average molecular weight is 412 g/mol. The normalized spacial score (nSPS) is 19.3. The predicted octanol–water partition coefficient (Wildman–Crippen LogP) is 4.54. The number of anilines is 1. The van der Waals surface area contributed by atoms with Gasteiger partial charge in [0, 0.05) is 22.5 Å². The van der Waals surface area contributed by atoms with E-state index < -0.39 is 17.8 Å². The topological polar surface area (TPSA) is 71.4 Å². The highest BCUT2D eigenvalue weighted by Gasteiger charge is 2.37. The Morgan fingerprint density at radius 2 is 1.72 bits per heavy atom. The van der Waals surface area contributed by atoms with E-state index in [1.807, 2.05) is 19.9 Å². The molecule has 2 fully saturated rings. The van der Waals surface area contributed by atoms with Crippen molar-refractivity contribution in [1.29, 1.82) is 0 Å². The summed E-state index contributed by atoms with van der Waals surface area (Å²) < 4.78 is 2.30. The highest BCUT2D eigenvalue weighted by atomic mass is 35.5. The summed E-state index contributed by atoms with van der Waals surface area (Å²) in [4.78, 5) is 38.7. The summed E-state index contributed by atoms with van der Waals surface area (Å²) in [7, 11) is 0. The number of rotatable bonds is 3. The van der Waals surface area contributed by atoms with E-state index >= 15 is 0 Å². The van der Waals surface area contributed by atoms with E-state index in [0.717, 1.165) is 34.7 Å². The molecule has 4 rings (SSSR count). The first kappa shape index (κ1) is 19.5. The zero-order valence-electron chi connectivity index (χ0n) is 16.4. The van der Waals surface area contributed by atoms with Crippen molar-refractivity contribution < 1.29 is 14.4 Å². The zero-order valence-corrected chi connectivity index (χ0v) is 17.1. The Kier molecular flexibility index (Phi) is 5.04. The van der Waals surface area contributed by atoms with Crippen molar-refractivity contribution in [2.75, 3.05) is 4.90 Å². The van der Waals surface area contributed by atoms with Gasteiger partial charge in [0.25, 0.3) is 11.8 Å². The summed E-state index contributed by atoms with van der Waals surface area (Å²) in [6, 6.07) is 8.00. The molecular weight excluding hydrogens is 390 g/mol. The van der Waals surface area contributed by atoms with Gasteiger partial charge in [0.05, 0.1) is 5.69 Å². The number of halogens is 1. The minimum atomic E-state index is -0.768. The van der Waals surface area contributed by atoms with E-state index in [4.69, 9.17) is 11.6 Å². The number of carbonyl (C=O) groups excluding carboxylic acids is 3. The second kappa shape index (κ2) is 7.52. The van der Waals surface area contributed by atoms with Gasteiger partial charge in [0.2, 0.25) is 0 Å². The van der Waals surface area contributed by atoms with Gasteiger partial charge in [-0.1, -0.05) is 24.4 Å². The smallest absolute Gasteiger partial charge is 0.335 e. The fourth-order valence-corrected chi connectivity index (χ4v) is 4.44. The van der Waals surface area contributed by atoms with E-state index in [9.17, 15) is 14.4 Å². The van der Waals surface area contributed by atoms with Crippen molar-refractivity contribution in [3.63, 3.8) is 0 Å². The largest absolute Gasteiger partial charge is 0.346 e. The first-order valence-corrected chi connectivity index (χ1v) is 10.1. The van der Waals surface area contributed by atoms with Crippen LogP contribution in [0.5, 0.6) is 0 Å². The SMILES string of the molecule is Cc1cc(/C=C2\C(=O)NC(=O)N(c3ccc(Cl)cc3)C2=O)c(C)n1C1CCCC1. The van der Waals surface area contributed by atoms with Crippen LogP contribution in [0.3, 0.4) is 0 Å². The molecule has 4 amide bonds. The number of aromatic nitrogens is 1. The molecule has 0 spiro atoms. The molecule has 2 aliphatic rings. The number of urea groups is 1. The summed E-state index contributed by atoms with van der Waals surface area (Å²) >= 11 is 5.90. The van der Waals surface area contributed by atoms with E-state index in [2.05, 4.69) is 9.88 Å². The Morgan fingerprint density at radius 1 is 1.07 bits per heavy atom. The first-order chi connectivity index (χ1) is 13.9. The molecule has 1 N–H and O–H groups in total. The molecule has 29 heavy (non-hydrogen) atoms. The molecule has 1 saturated heterocycles. The van der Waals surface area contributed by atoms with Crippen LogP contribution in [0.4, 0.5) is 10.5 Å². The van der Waals surface area contributed by atoms with Crippen LogP contribution in [-0.2, 0) is 9.59 Å². The molecule has 1 aromatic heterocycles. The van der Waals surface area contributed by atoms with Crippen LogP contribution in [0.1, 0.15) is 48.7 Å². The Labute approximate surface area is 174 Å². The number of hydrogen-bond donors (Lipinski definition) is 1. The molecule has 1 aromatic carbocycles. The van der Waals surface area contributed by atoms with Crippen LogP contribution < -0.4 is 10.2 Å². The number of barbiturate groups is 1. The van der Waals surface area contributed by atoms with E-state index in [1.165, 1.54) is 12.8 Å². The van der Waals surface area contributed by atoms with E-state index in [0.29, 0.717) is 16.8 Å². The van der Waals surface area contributed by atoms with Crippen LogP contribution >= 0.6 is 11.6 Å².